The molecule has 3 rings (SSSR count). The highest BCUT2D eigenvalue weighted by Gasteiger charge is 2.31. The molecule has 9 heteroatoms. The van der Waals surface area contributed by atoms with E-state index in [0.29, 0.717) is 31.9 Å². The smallest absolute Gasteiger partial charge is 0.230 e. The van der Waals surface area contributed by atoms with Gasteiger partial charge in [0.05, 0.1) is 11.6 Å². The molecule has 130 valence electrons. The van der Waals surface area contributed by atoms with Crippen molar-refractivity contribution in [2.75, 3.05) is 26.2 Å². The maximum absolute atomic E-state index is 12.6. The number of hydrogen-bond donors (Lipinski definition) is 0. The third-order valence-corrected chi connectivity index (χ3v) is 6.97. The Labute approximate surface area is 144 Å². The highest BCUT2D eigenvalue weighted by atomic mass is 32.2. The molecular formula is C15H19N3O4S2. The first-order chi connectivity index (χ1) is 11.5. The first-order valence-corrected chi connectivity index (χ1v) is 10.2. The summed E-state index contributed by atoms with van der Waals surface area (Å²) < 4.78 is 30.9. The molecule has 3 heterocycles. The van der Waals surface area contributed by atoms with Gasteiger partial charge in [-0.1, -0.05) is 11.2 Å². The van der Waals surface area contributed by atoms with Gasteiger partial charge in [0, 0.05) is 37.1 Å². The Kier molecular flexibility index (Phi) is 5.02. The predicted octanol–water partition coefficient (Wildman–Crippen LogP) is 1.51. The zero-order valence-electron chi connectivity index (χ0n) is 13.3. The lowest BCUT2D eigenvalue weighted by molar-refractivity contribution is -0.133. The van der Waals surface area contributed by atoms with Crippen LogP contribution in [0.4, 0.5) is 0 Å². The third kappa shape index (κ3) is 3.68. The van der Waals surface area contributed by atoms with Crippen LogP contribution in [-0.2, 0) is 20.6 Å². The molecule has 0 aromatic carbocycles. The van der Waals surface area contributed by atoms with Crippen molar-refractivity contribution in [1.29, 1.82) is 0 Å². The summed E-state index contributed by atoms with van der Waals surface area (Å²) in [6.07, 6.45) is 1.35. The van der Waals surface area contributed by atoms with Gasteiger partial charge in [-0.05, 0) is 18.4 Å². The van der Waals surface area contributed by atoms with Crippen LogP contribution in [-0.4, -0.2) is 54.9 Å². The van der Waals surface area contributed by atoms with Gasteiger partial charge in [0.15, 0.2) is 0 Å². The van der Waals surface area contributed by atoms with Crippen molar-refractivity contribution in [1.82, 2.24) is 14.4 Å². The molecule has 7 nitrogen and oxygen atoms in total. The fourth-order valence-corrected chi connectivity index (χ4v) is 4.91. The van der Waals surface area contributed by atoms with E-state index in [1.807, 2.05) is 24.4 Å². The van der Waals surface area contributed by atoms with Crippen molar-refractivity contribution in [3.8, 4) is 0 Å². The van der Waals surface area contributed by atoms with Gasteiger partial charge < -0.3 is 9.42 Å². The fourth-order valence-electron chi connectivity index (χ4n) is 2.71. The fraction of sp³-hybridized carbons (Fsp3) is 0.467. The van der Waals surface area contributed by atoms with Crippen molar-refractivity contribution in [2.24, 2.45) is 0 Å². The van der Waals surface area contributed by atoms with Crippen LogP contribution in [0.5, 0.6) is 0 Å². The zero-order chi connectivity index (χ0) is 17.2. The molecule has 1 aliphatic heterocycles. The molecule has 2 aromatic rings. The second kappa shape index (κ2) is 7.04. The van der Waals surface area contributed by atoms with Crippen molar-refractivity contribution in [3.63, 3.8) is 0 Å². The second-order valence-corrected chi connectivity index (χ2v) is 8.66. The molecule has 0 bridgehead atoms. The van der Waals surface area contributed by atoms with E-state index < -0.39 is 10.0 Å². The summed E-state index contributed by atoms with van der Waals surface area (Å²) in [4.78, 5) is 15.3. The monoisotopic (exact) mass is 369 g/mol. The van der Waals surface area contributed by atoms with E-state index in [9.17, 15) is 13.2 Å². The first kappa shape index (κ1) is 17.1. The summed E-state index contributed by atoms with van der Waals surface area (Å²) >= 11 is 1.56. The molecule has 0 N–H and O–H groups in total. The van der Waals surface area contributed by atoms with E-state index in [1.165, 1.54) is 10.6 Å². The lowest BCUT2D eigenvalue weighted by atomic mass is 10.1. The maximum atomic E-state index is 12.6. The average Bonchev–Trinajstić information content (AvgIpc) is 3.27. The lowest BCUT2D eigenvalue weighted by Gasteiger charge is -2.35. The molecule has 1 amide bonds. The van der Waals surface area contributed by atoms with Gasteiger partial charge in [-0.3, -0.25) is 4.79 Å². The number of carbonyl (C=O) groups excluding carboxylic acids is 1. The van der Waals surface area contributed by atoms with Crippen LogP contribution in [0.3, 0.4) is 0 Å². The van der Waals surface area contributed by atoms with Gasteiger partial charge in [-0.25, -0.2) is 8.42 Å². The van der Waals surface area contributed by atoms with Crippen LogP contribution in [0.25, 0.3) is 0 Å². The Morgan fingerprint density at radius 3 is 2.67 bits per heavy atom. The largest absolute Gasteiger partial charge is 0.364 e. The Morgan fingerprint density at radius 2 is 2.08 bits per heavy atom. The van der Waals surface area contributed by atoms with Crippen LogP contribution >= 0.6 is 11.3 Å². The summed E-state index contributed by atoms with van der Waals surface area (Å²) in [5.74, 6) is -0.322. The van der Waals surface area contributed by atoms with Gasteiger partial charge in [-0.15, -0.1) is 11.3 Å². The van der Waals surface area contributed by atoms with Gasteiger partial charge in [0.25, 0.3) is 0 Å². The third-order valence-electron chi connectivity index (χ3n) is 4.11. The molecular weight excluding hydrogens is 350 g/mol. The minimum Gasteiger partial charge on any atom is -0.364 e. The first-order valence-electron chi connectivity index (χ1n) is 7.66. The topological polar surface area (TPSA) is 83.7 Å². The normalized spacial score (nSPS) is 17.8. The number of sulfonamides is 1. The van der Waals surface area contributed by atoms with Gasteiger partial charge in [-0.2, -0.15) is 4.31 Å². The summed E-state index contributed by atoms with van der Waals surface area (Å²) in [7, 11) is -3.44. The molecule has 0 spiro atoms. The Hall–Kier alpha value is -1.71. The summed E-state index contributed by atoms with van der Waals surface area (Å²) in [6.45, 7) is 3.33. The number of carbonyl (C=O) groups is 1. The Balaban J connectivity index is 1.58. The van der Waals surface area contributed by atoms with Crippen LogP contribution in [0.1, 0.15) is 23.4 Å². The van der Waals surface area contributed by atoms with E-state index in [2.05, 4.69) is 9.68 Å². The molecule has 24 heavy (non-hydrogen) atoms. The number of nitrogens with zero attached hydrogens (tertiary/aromatic N) is 3. The summed E-state index contributed by atoms with van der Waals surface area (Å²) in [5, 5.41) is 5.60. The average molecular weight is 369 g/mol. The van der Waals surface area contributed by atoms with E-state index in [1.54, 1.807) is 22.3 Å². The minimum atomic E-state index is -3.44. The highest BCUT2D eigenvalue weighted by Crippen LogP contribution is 2.24. The van der Waals surface area contributed by atoms with Crippen molar-refractivity contribution >= 4 is 27.3 Å². The van der Waals surface area contributed by atoms with E-state index in [4.69, 9.17) is 0 Å². The van der Waals surface area contributed by atoms with E-state index in [0.717, 1.165) is 4.88 Å². The molecule has 0 saturated carbocycles. The SMILES string of the molecule is CC(C(=O)N1CCN(S(=O)(=O)Cc2ccon2)CC1)c1cccs1. The molecule has 1 atom stereocenters. The molecule has 1 aliphatic rings. The van der Waals surface area contributed by atoms with Crippen LogP contribution in [0, 0.1) is 0 Å². The standard InChI is InChI=1S/C15H19N3O4S2/c1-12(14-3-2-10-23-14)15(19)17-5-7-18(8-6-17)24(20,21)11-13-4-9-22-16-13/h2-4,9-10,12H,5-8,11H2,1H3. The number of aromatic nitrogens is 1. The number of hydrogen-bond acceptors (Lipinski definition) is 6. The predicted molar refractivity (Wildman–Crippen MR) is 90.0 cm³/mol. The summed E-state index contributed by atoms with van der Waals surface area (Å²) in [5.41, 5.74) is 0.389. The molecule has 1 fully saturated rings. The molecule has 2 aromatic heterocycles. The van der Waals surface area contributed by atoms with E-state index in [-0.39, 0.29) is 17.6 Å². The molecule has 0 aliphatic carbocycles. The molecule has 1 saturated heterocycles. The van der Waals surface area contributed by atoms with Gasteiger partial charge in [0.2, 0.25) is 15.9 Å². The zero-order valence-corrected chi connectivity index (χ0v) is 14.9. The van der Waals surface area contributed by atoms with Crippen molar-refractivity contribution in [2.45, 2.75) is 18.6 Å². The van der Waals surface area contributed by atoms with Crippen molar-refractivity contribution < 1.29 is 17.7 Å². The van der Waals surface area contributed by atoms with Gasteiger partial charge in [0.1, 0.15) is 12.0 Å². The van der Waals surface area contributed by atoms with Gasteiger partial charge >= 0.3 is 0 Å². The second-order valence-electron chi connectivity index (χ2n) is 5.71. The lowest BCUT2D eigenvalue weighted by Crippen LogP contribution is -2.51. The van der Waals surface area contributed by atoms with Crippen LogP contribution in [0.2, 0.25) is 0 Å². The minimum absolute atomic E-state index is 0.0472. The highest BCUT2D eigenvalue weighted by molar-refractivity contribution is 7.88. The molecule has 0 radical (unpaired) electrons. The summed E-state index contributed by atoms with van der Waals surface area (Å²) in [6, 6.07) is 5.42. The Morgan fingerprint density at radius 1 is 1.33 bits per heavy atom. The van der Waals surface area contributed by atoms with Crippen LogP contribution < -0.4 is 0 Å². The van der Waals surface area contributed by atoms with E-state index >= 15 is 0 Å². The van der Waals surface area contributed by atoms with Crippen LogP contribution in [0.15, 0.2) is 34.4 Å². The maximum Gasteiger partial charge on any atom is 0.230 e. The number of amides is 1. The number of piperazine rings is 1. The number of thiophene rings is 1. The van der Waals surface area contributed by atoms with Crippen molar-refractivity contribution in [3.05, 3.63) is 40.4 Å². The Bertz CT molecular complexity index is 764. The molecule has 1 unspecified atom stereocenters. The number of rotatable bonds is 5. The quantitative estimate of drug-likeness (QED) is 0.798.